The minimum absolute atomic E-state index is 0.310. The molecule has 2 heterocycles. The number of anilines is 2. The number of ketones is 2. The summed E-state index contributed by atoms with van der Waals surface area (Å²) < 4.78 is 11.9. The minimum Gasteiger partial charge on any atom is -0.494 e. The molecule has 8 nitrogen and oxygen atoms in total. The lowest BCUT2D eigenvalue weighted by Gasteiger charge is -2.36. The fourth-order valence-corrected chi connectivity index (χ4v) is 6.54. The molecule has 2 amide bonds. The molecule has 6 rings (SSSR count). The first kappa shape index (κ1) is 31.3. The number of rotatable bonds is 9. The zero-order valence-corrected chi connectivity index (χ0v) is 26.7. The Morgan fingerprint density at radius 3 is 1.30 bits per heavy atom. The number of amides is 2. The molecule has 0 radical (unpaired) electrons. The van der Waals surface area contributed by atoms with Gasteiger partial charge in [-0.3, -0.25) is 19.2 Å². The predicted octanol–water partition coefficient (Wildman–Crippen LogP) is 6.51. The number of hydrogen-bond acceptors (Lipinski definition) is 6. The van der Waals surface area contributed by atoms with Crippen molar-refractivity contribution in [3.8, 4) is 11.5 Å². The van der Waals surface area contributed by atoms with Gasteiger partial charge in [-0.15, -0.1) is 0 Å². The Morgan fingerprint density at radius 2 is 0.935 bits per heavy atom. The Morgan fingerprint density at radius 1 is 0.565 bits per heavy atom. The number of benzene rings is 4. The first-order valence-electron chi connectivity index (χ1n) is 14.8. The molecule has 0 saturated heterocycles. The lowest BCUT2D eigenvalue weighted by Crippen LogP contribution is -2.51. The van der Waals surface area contributed by atoms with Crippen LogP contribution in [0.2, 0.25) is 0 Å². The van der Waals surface area contributed by atoms with Crippen LogP contribution in [0, 0.1) is 0 Å². The molecule has 10 heteroatoms. The van der Waals surface area contributed by atoms with E-state index in [9.17, 15) is 19.2 Å². The van der Waals surface area contributed by atoms with Crippen molar-refractivity contribution in [2.45, 2.75) is 22.6 Å². The number of halogens is 2. The van der Waals surface area contributed by atoms with Crippen LogP contribution in [0.15, 0.2) is 97.1 Å². The fraction of sp³-hybridized carbons (Fsp3) is 0.222. The first-order chi connectivity index (χ1) is 22.1. The number of ether oxygens (including phenoxy) is 2. The van der Waals surface area contributed by atoms with Gasteiger partial charge in [-0.2, -0.15) is 0 Å². The summed E-state index contributed by atoms with van der Waals surface area (Å²) in [5.74, 6) is -1.03. The molecule has 234 valence electrons. The molecule has 0 aliphatic carbocycles. The standard InChI is InChI=1S/C36H30Cl2N2O6/c1-39-29-17-15-25(21-27(29)31(41)35(37,33(39)43)23-11-5-3-6-12-23)45-19-9-10-20-46-26-16-18-30-28(22-26)32(42)36(38,34(44)40(30)2)24-13-7-4-8-14-24/h3-8,11-18,21-22H,9-10,19-20H2,1-2H3. The zero-order chi connectivity index (χ0) is 32.6. The molecule has 2 atom stereocenters. The van der Waals surface area contributed by atoms with Gasteiger partial charge in [0.15, 0.2) is 11.6 Å². The maximum atomic E-state index is 13.5. The van der Waals surface area contributed by atoms with Gasteiger partial charge < -0.3 is 19.3 Å². The number of likely N-dealkylation sites (N-methyl/N-ethyl adjacent to an activating group) is 2. The molecule has 4 aromatic carbocycles. The highest BCUT2D eigenvalue weighted by molar-refractivity contribution is 6.52. The predicted molar refractivity (Wildman–Crippen MR) is 177 cm³/mol. The summed E-state index contributed by atoms with van der Waals surface area (Å²) in [4.78, 5) is 52.5. The lowest BCUT2D eigenvalue weighted by molar-refractivity contribution is -0.121. The molecular formula is C36H30Cl2N2O6. The number of nitrogens with zero attached hydrogens (tertiary/aromatic N) is 2. The first-order valence-corrected chi connectivity index (χ1v) is 15.5. The average Bonchev–Trinajstić information content (AvgIpc) is 3.10. The second kappa shape index (κ2) is 12.3. The van der Waals surface area contributed by atoms with Crippen LogP contribution < -0.4 is 19.3 Å². The SMILES string of the molecule is CN1C(=O)C(Cl)(c2ccccc2)C(=O)c2cc(OCCCCOc3ccc4c(c3)C(=O)C(Cl)(c3ccccc3)C(=O)N4C)ccc21. The van der Waals surface area contributed by atoms with E-state index in [1.54, 1.807) is 111 Å². The van der Waals surface area contributed by atoms with E-state index in [0.29, 0.717) is 71.2 Å². The Kier molecular flexibility index (Phi) is 8.35. The Labute approximate surface area is 276 Å². The maximum absolute atomic E-state index is 13.5. The minimum atomic E-state index is -1.85. The third-order valence-electron chi connectivity index (χ3n) is 8.39. The van der Waals surface area contributed by atoms with Gasteiger partial charge in [0.05, 0.1) is 24.6 Å². The normalized spacial score (nSPS) is 20.8. The summed E-state index contributed by atoms with van der Waals surface area (Å²) in [5, 5.41) is 0. The summed E-state index contributed by atoms with van der Waals surface area (Å²) in [5.41, 5.74) is 2.39. The van der Waals surface area contributed by atoms with Crippen molar-refractivity contribution in [1.29, 1.82) is 0 Å². The van der Waals surface area contributed by atoms with Gasteiger partial charge in [-0.1, -0.05) is 83.9 Å². The van der Waals surface area contributed by atoms with E-state index < -0.39 is 33.1 Å². The van der Waals surface area contributed by atoms with Crippen molar-refractivity contribution < 1.29 is 28.7 Å². The van der Waals surface area contributed by atoms with Crippen molar-refractivity contribution in [2.24, 2.45) is 0 Å². The topological polar surface area (TPSA) is 93.2 Å². The van der Waals surface area contributed by atoms with E-state index in [1.807, 2.05) is 0 Å². The second-order valence-corrected chi connectivity index (χ2v) is 12.3. The number of alkyl halides is 2. The lowest BCUT2D eigenvalue weighted by atomic mass is 9.84. The van der Waals surface area contributed by atoms with Crippen molar-refractivity contribution in [3.05, 3.63) is 119 Å². The van der Waals surface area contributed by atoms with Crippen molar-refractivity contribution in [1.82, 2.24) is 0 Å². The number of hydrogen-bond donors (Lipinski definition) is 0. The Hall–Kier alpha value is -4.66. The van der Waals surface area contributed by atoms with E-state index >= 15 is 0 Å². The number of Topliss-reactive ketones (excluding diaryl/α,β-unsaturated/α-hetero) is 2. The summed E-state index contributed by atoms with van der Waals surface area (Å²) in [6.07, 6.45) is 1.29. The van der Waals surface area contributed by atoms with E-state index in [4.69, 9.17) is 32.7 Å². The largest absolute Gasteiger partial charge is 0.494 e. The van der Waals surface area contributed by atoms with Gasteiger partial charge >= 0.3 is 0 Å². The van der Waals surface area contributed by atoms with Gasteiger partial charge in [0.1, 0.15) is 11.5 Å². The third kappa shape index (κ3) is 5.11. The molecule has 2 aliphatic rings. The maximum Gasteiger partial charge on any atom is 0.260 e. The van der Waals surface area contributed by atoms with Crippen LogP contribution in [-0.2, 0) is 19.3 Å². The summed E-state index contributed by atoms with van der Waals surface area (Å²) >= 11 is 13.5. The van der Waals surface area contributed by atoms with Crippen LogP contribution in [-0.4, -0.2) is 50.7 Å². The molecule has 0 aromatic heterocycles. The highest BCUT2D eigenvalue weighted by atomic mass is 35.5. The third-order valence-corrected chi connectivity index (χ3v) is 9.49. The molecule has 0 fully saturated rings. The Balaban J connectivity index is 1.07. The van der Waals surface area contributed by atoms with E-state index in [0.717, 1.165) is 0 Å². The van der Waals surface area contributed by atoms with E-state index in [-0.39, 0.29) is 0 Å². The molecule has 0 spiro atoms. The van der Waals surface area contributed by atoms with Crippen LogP contribution in [0.1, 0.15) is 44.7 Å². The van der Waals surface area contributed by atoms with Crippen LogP contribution >= 0.6 is 23.2 Å². The summed E-state index contributed by atoms with van der Waals surface area (Å²) in [6, 6.07) is 27.2. The van der Waals surface area contributed by atoms with Gasteiger partial charge in [-0.25, -0.2) is 0 Å². The second-order valence-electron chi connectivity index (χ2n) is 11.2. The monoisotopic (exact) mass is 656 g/mol. The van der Waals surface area contributed by atoms with Gasteiger partial charge in [0.2, 0.25) is 9.75 Å². The van der Waals surface area contributed by atoms with Crippen molar-refractivity contribution in [2.75, 3.05) is 37.1 Å². The van der Waals surface area contributed by atoms with Gasteiger partial charge in [-0.05, 0) is 60.4 Å². The summed E-state index contributed by atoms with van der Waals surface area (Å²) in [7, 11) is 3.19. The Bertz CT molecular complexity index is 1720. The highest BCUT2D eigenvalue weighted by Crippen LogP contribution is 2.44. The highest BCUT2D eigenvalue weighted by Gasteiger charge is 2.53. The van der Waals surface area contributed by atoms with Crippen LogP contribution in [0.4, 0.5) is 11.4 Å². The quantitative estimate of drug-likeness (QED) is 0.116. The zero-order valence-electron chi connectivity index (χ0n) is 25.2. The molecule has 46 heavy (non-hydrogen) atoms. The number of carbonyl (C=O) groups is 4. The molecule has 2 unspecified atom stereocenters. The summed E-state index contributed by atoms with van der Waals surface area (Å²) in [6.45, 7) is 0.717. The number of carbonyl (C=O) groups excluding carboxylic acids is 4. The smallest absolute Gasteiger partial charge is 0.260 e. The number of fused-ring (bicyclic) bond motifs is 2. The molecule has 0 N–H and O–H groups in total. The van der Waals surface area contributed by atoms with Crippen LogP contribution in [0.25, 0.3) is 0 Å². The van der Waals surface area contributed by atoms with Crippen LogP contribution in [0.3, 0.4) is 0 Å². The van der Waals surface area contributed by atoms with Crippen molar-refractivity contribution >= 4 is 58.0 Å². The molecule has 0 bridgehead atoms. The number of unbranched alkanes of at least 4 members (excludes halogenated alkanes) is 1. The van der Waals surface area contributed by atoms with E-state index in [2.05, 4.69) is 0 Å². The molecule has 4 aromatic rings. The molecular weight excluding hydrogens is 627 g/mol. The molecule has 2 aliphatic heterocycles. The van der Waals surface area contributed by atoms with E-state index in [1.165, 1.54) is 9.80 Å². The van der Waals surface area contributed by atoms with Gasteiger partial charge in [0, 0.05) is 25.2 Å². The fourth-order valence-electron chi connectivity index (χ4n) is 5.83. The van der Waals surface area contributed by atoms with Gasteiger partial charge in [0.25, 0.3) is 11.8 Å². The van der Waals surface area contributed by atoms with Crippen LogP contribution in [0.5, 0.6) is 11.5 Å². The molecule has 0 saturated carbocycles. The average molecular weight is 658 g/mol. The van der Waals surface area contributed by atoms with Crippen molar-refractivity contribution in [3.63, 3.8) is 0 Å².